The summed E-state index contributed by atoms with van der Waals surface area (Å²) in [6, 6.07) is -0.0641. The van der Waals surface area contributed by atoms with E-state index in [4.69, 9.17) is 4.52 Å². The van der Waals surface area contributed by atoms with Crippen LogP contribution in [-0.4, -0.2) is 35.2 Å². The molecule has 1 aliphatic heterocycles. The van der Waals surface area contributed by atoms with Crippen LogP contribution >= 0.6 is 0 Å². The molecule has 6 nitrogen and oxygen atoms in total. The van der Waals surface area contributed by atoms with Gasteiger partial charge in [-0.2, -0.15) is 4.98 Å². The fourth-order valence-corrected chi connectivity index (χ4v) is 2.25. The van der Waals surface area contributed by atoms with Crippen LogP contribution in [0.15, 0.2) is 4.52 Å². The Morgan fingerprint density at radius 1 is 1.61 bits per heavy atom. The van der Waals surface area contributed by atoms with E-state index >= 15 is 0 Å². The standard InChI is InChI=1S/C12H20N4O2/c1-8-4-3-6-13-11(8)12(17)14-7-5-10-15-9(2)18-16-10/h8,11,13H,3-7H2,1-2H3,(H,14,17). The molecule has 1 aromatic heterocycles. The molecule has 2 N–H and O–H groups in total. The predicted octanol–water partition coefficient (Wildman–Crippen LogP) is 0.425. The lowest BCUT2D eigenvalue weighted by molar-refractivity contribution is -0.124. The van der Waals surface area contributed by atoms with Crippen molar-refractivity contribution in [1.29, 1.82) is 0 Å². The first-order valence-electron chi connectivity index (χ1n) is 6.47. The highest BCUT2D eigenvalue weighted by Crippen LogP contribution is 2.15. The van der Waals surface area contributed by atoms with Crippen LogP contribution in [0.3, 0.4) is 0 Å². The second kappa shape index (κ2) is 5.95. The van der Waals surface area contributed by atoms with Gasteiger partial charge in [-0.1, -0.05) is 12.1 Å². The molecule has 100 valence electrons. The molecular weight excluding hydrogens is 232 g/mol. The first-order chi connectivity index (χ1) is 8.66. The lowest BCUT2D eigenvalue weighted by Crippen LogP contribution is -2.51. The summed E-state index contributed by atoms with van der Waals surface area (Å²) in [7, 11) is 0. The van der Waals surface area contributed by atoms with Gasteiger partial charge in [-0.05, 0) is 25.3 Å². The minimum absolute atomic E-state index is 0.0641. The van der Waals surface area contributed by atoms with Crippen molar-refractivity contribution in [2.24, 2.45) is 5.92 Å². The topological polar surface area (TPSA) is 80.0 Å². The Labute approximate surface area is 107 Å². The van der Waals surface area contributed by atoms with Crippen LogP contribution in [-0.2, 0) is 11.2 Å². The van der Waals surface area contributed by atoms with Gasteiger partial charge in [-0.3, -0.25) is 4.79 Å². The number of carbonyl (C=O) groups excluding carboxylic acids is 1. The number of hydrogen-bond acceptors (Lipinski definition) is 5. The van der Waals surface area contributed by atoms with Crippen molar-refractivity contribution < 1.29 is 9.32 Å². The van der Waals surface area contributed by atoms with Crippen molar-refractivity contribution >= 4 is 5.91 Å². The molecule has 1 amide bonds. The van der Waals surface area contributed by atoms with Gasteiger partial charge < -0.3 is 15.2 Å². The summed E-state index contributed by atoms with van der Waals surface area (Å²) in [4.78, 5) is 16.1. The van der Waals surface area contributed by atoms with E-state index in [1.807, 2.05) is 0 Å². The third kappa shape index (κ3) is 3.29. The molecule has 1 aliphatic rings. The number of aromatic nitrogens is 2. The van der Waals surface area contributed by atoms with Gasteiger partial charge in [-0.25, -0.2) is 0 Å². The summed E-state index contributed by atoms with van der Waals surface area (Å²) in [6.07, 6.45) is 2.85. The molecule has 2 rings (SSSR count). The fourth-order valence-electron chi connectivity index (χ4n) is 2.25. The van der Waals surface area contributed by atoms with E-state index < -0.39 is 0 Å². The van der Waals surface area contributed by atoms with E-state index in [1.54, 1.807) is 6.92 Å². The Morgan fingerprint density at radius 2 is 2.44 bits per heavy atom. The molecule has 6 heteroatoms. The van der Waals surface area contributed by atoms with Crippen molar-refractivity contribution in [2.75, 3.05) is 13.1 Å². The second-order valence-electron chi connectivity index (χ2n) is 4.82. The van der Waals surface area contributed by atoms with Crippen LogP contribution in [0.2, 0.25) is 0 Å². The van der Waals surface area contributed by atoms with Gasteiger partial charge in [0.2, 0.25) is 11.8 Å². The number of nitrogens with one attached hydrogen (secondary N) is 2. The average molecular weight is 252 g/mol. The molecule has 1 aromatic rings. The van der Waals surface area contributed by atoms with E-state index in [9.17, 15) is 4.79 Å². The molecule has 0 aromatic carbocycles. The number of nitrogens with zero attached hydrogens (tertiary/aromatic N) is 2. The zero-order valence-electron chi connectivity index (χ0n) is 10.9. The van der Waals surface area contributed by atoms with E-state index in [0.717, 1.165) is 19.4 Å². The molecule has 0 saturated carbocycles. The number of piperidine rings is 1. The minimum Gasteiger partial charge on any atom is -0.354 e. The Hall–Kier alpha value is -1.43. The molecular formula is C12H20N4O2. The van der Waals surface area contributed by atoms with Crippen molar-refractivity contribution in [3.05, 3.63) is 11.7 Å². The summed E-state index contributed by atoms with van der Waals surface area (Å²) >= 11 is 0. The van der Waals surface area contributed by atoms with Crippen LogP contribution in [0.25, 0.3) is 0 Å². The van der Waals surface area contributed by atoms with Gasteiger partial charge in [0.15, 0.2) is 5.82 Å². The van der Waals surface area contributed by atoms with E-state index in [2.05, 4.69) is 27.7 Å². The molecule has 0 radical (unpaired) electrons. The summed E-state index contributed by atoms with van der Waals surface area (Å²) < 4.78 is 4.87. The van der Waals surface area contributed by atoms with Gasteiger partial charge in [-0.15, -0.1) is 0 Å². The maximum absolute atomic E-state index is 12.0. The minimum atomic E-state index is -0.0641. The molecule has 2 unspecified atom stereocenters. The number of amides is 1. The summed E-state index contributed by atoms with van der Waals surface area (Å²) in [6.45, 7) is 5.33. The molecule has 18 heavy (non-hydrogen) atoms. The highest BCUT2D eigenvalue weighted by atomic mass is 16.5. The molecule has 1 fully saturated rings. The fraction of sp³-hybridized carbons (Fsp3) is 0.750. The predicted molar refractivity (Wildman–Crippen MR) is 65.9 cm³/mol. The lowest BCUT2D eigenvalue weighted by Gasteiger charge is -2.28. The van der Waals surface area contributed by atoms with Crippen LogP contribution in [0.4, 0.5) is 0 Å². The third-order valence-corrected chi connectivity index (χ3v) is 3.27. The largest absolute Gasteiger partial charge is 0.354 e. The molecule has 2 atom stereocenters. The maximum atomic E-state index is 12.0. The quantitative estimate of drug-likeness (QED) is 0.812. The van der Waals surface area contributed by atoms with Crippen LogP contribution < -0.4 is 10.6 Å². The third-order valence-electron chi connectivity index (χ3n) is 3.27. The van der Waals surface area contributed by atoms with Crippen LogP contribution in [0.1, 0.15) is 31.5 Å². The average Bonchev–Trinajstić information content (AvgIpc) is 2.75. The highest BCUT2D eigenvalue weighted by molar-refractivity contribution is 5.82. The Bertz CT molecular complexity index is 405. The molecule has 1 saturated heterocycles. The first kappa shape index (κ1) is 13.0. The molecule has 0 spiro atoms. The lowest BCUT2D eigenvalue weighted by atomic mass is 9.92. The molecule has 0 bridgehead atoms. The van der Waals surface area contributed by atoms with E-state index in [1.165, 1.54) is 0 Å². The maximum Gasteiger partial charge on any atom is 0.237 e. The van der Waals surface area contributed by atoms with Crippen molar-refractivity contribution in [3.8, 4) is 0 Å². The van der Waals surface area contributed by atoms with Crippen molar-refractivity contribution in [1.82, 2.24) is 20.8 Å². The van der Waals surface area contributed by atoms with Gasteiger partial charge in [0.25, 0.3) is 0 Å². The zero-order chi connectivity index (χ0) is 13.0. The second-order valence-corrected chi connectivity index (χ2v) is 4.82. The summed E-state index contributed by atoms with van der Waals surface area (Å²) in [5.41, 5.74) is 0. The monoisotopic (exact) mass is 252 g/mol. The molecule has 0 aliphatic carbocycles. The molecule has 2 heterocycles. The Kier molecular flexibility index (Phi) is 4.30. The highest BCUT2D eigenvalue weighted by Gasteiger charge is 2.26. The number of aryl methyl sites for hydroxylation is 1. The van der Waals surface area contributed by atoms with E-state index in [-0.39, 0.29) is 11.9 Å². The smallest absolute Gasteiger partial charge is 0.237 e. The first-order valence-corrected chi connectivity index (χ1v) is 6.47. The zero-order valence-corrected chi connectivity index (χ0v) is 10.9. The number of hydrogen-bond donors (Lipinski definition) is 2. The SMILES string of the molecule is Cc1nc(CCNC(=O)C2NCCCC2C)no1. The van der Waals surface area contributed by atoms with Gasteiger partial charge >= 0.3 is 0 Å². The van der Waals surface area contributed by atoms with Gasteiger partial charge in [0.1, 0.15) is 0 Å². The van der Waals surface area contributed by atoms with E-state index in [0.29, 0.717) is 30.6 Å². The van der Waals surface area contributed by atoms with Gasteiger partial charge in [0, 0.05) is 19.9 Å². The summed E-state index contributed by atoms with van der Waals surface area (Å²) in [5.74, 6) is 1.66. The Morgan fingerprint density at radius 3 is 3.11 bits per heavy atom. The normalized spacial score (nSPS) is 23.9. The summed E-state index contributed by atoms with van der Waals surface area (Å²) in [5, 5.41) is 9.96. The van der Waals surface area contributed by atoms with Crippen LogP contribution in [0.5, 0.6) is 0 Å². The van der Waals surface area contributed by atoms with Gasteiger partial charge in [0.05, 0.1) is 6.04 Å². The van der Waals surface area contributed by atoms with Crippen LogP contribution in [0, 0.1) is 12.8 Å². The number of carbonyl (C=O) groups is 1. The number of rotatable bonds is 4. The Balaban J connectivity index is 1.74. The van der Waals surface area contributed by atoms with Crippen molar-refractivity contribution in [2.45, 2.75) is 39.2 Å². The van der Waals surface area contributed by atoms with Crippen molar-refractivity contribution in [3.63, 3.8) is 0 Å².